The Morgan fingerprint density at radius 1 is 1.32 bits per heavy atom. The maximum Gasteiger partial charge on any atom is 0.332 e. The number of halogens is 1. The van der Waals surface area contributed by atoms with E-state index in [1.165, 1.54) is 13.1 Å². The fraction of sp³-hybridized carbons (Fsp3) is 0.333. The lowest BCUT2D eigenvalue weighted by molar-refractivity contribution is -0.136. The Kier molecular flexibility index (Phi) is 6.79. The van der Waals surface area contributed by atoms with Gasteiger partial charge in [0.25, 0.3) is 5.56 Å². The highest BCUT2D eigenvalue weighted by Gasteiger charge is 2.22. The molecule has 10 heteroatoms. The molecule has 0 unspecified atom stereocenters. The SMILES string of the molecule is CC(C)Cn1c(N)c(C(=O)COC(=O)C=Cc2ccc(Br)o2)c(=O)n(C)c1=O. The monoisotopic (exact) mass is 453 g/mol. The van der Waals surface area contributed by atoms with Gasteiger partial charge in [0.15, 0.2) is 11.3 Å². The van der Waals surface area contributed by atoms with Crippen LogP contribution in [0.25, 0.3) is 6.08 Å². The number of ketones is 1. The van der Waals surface area contributed by atoms with Gasteiger partial charge in [-0.1, -0.05) is 13.8 Å². The van der Waals surface area contributed by atoms with Gasteiger partial charge in [0, 0.05) is 19.7 Å². The van der Waals surface area contributed by atoms with Crippen molar-refractivity contribution in [3.8, 4) is 0 Å². The van der Waals surface area contributed by atoms with Crippen molar-refractivity contribution in [1.82, 2.24) is 9.13 Å². The second-order valence-electron chi connectivity index (χ2n) is 6.42. The molecule has 0 aliphatic heterocycles. The minimum atomic E-state index is -0.834. The number of esters is 1. The largest absolute Gasteiger partial charge is 0.454 e. The summed E-state index contributed by atoms with van der Waals surface area (Å²) in [6.45, 7) is 3.28. The first-order valence-electron chi connectivity index (χ1n) is 8.34. The van der Waals surface area contributed by atoms with E-state index < -0.39 is 29.6 Å². The number of aromatic nitrogens is 2. The smallest absolute Gasteiger partial charge is 0.332 e. The number of nitrogens with two attached hydrogens (primary N) is 1. The lowest BCUT2D eigenvalue weighted by Crippen LogP contribution is -2.43. The Hall–Kier alpha value is -2.88. The first-order chi connectivity index (χ1) is 13.1. The van der Waals surface area contributed by atoms with Gasteiger partial charge < -0.3 is 14.9 Å². The molecule has 0 aliphatic carbocycles. The van der Waals surface area contributed by atoms with Gasteiger partial charge in [0.1, 0.15) is 17.1 Å². The summed E-state index contributed by atoms with van der Waals surface area (Å²) in [6, 6.07) is 3.28. The van der Waals surface area contributed by atoms with Gasteiger partial charge in [-0.2, -0.15) is 0 Å². The van der Waals surface area contributed by atoms with Crippen LogP contribution < -0.4 is 17.0 Å². The molecular formula is C18H20BrN3O6. The van der Waals surface area contributed by atoms with Crippen molar-refractivity contribution in [3.63, 3.8) is 0 Å². The van der Waals surface area contributed by atoms with Crippen LogP contribution in [-0.2, 0) is 23.1 Å². The quantitative estimate of drug-likeness (QED) is 0.382. The fourth-order valence-electron chi connectivity index (χ4n) is 2.41. The lowest BCUT2D eigenvalue weighted by atomic mass is 10.1. The molecule has 2 aromatic heterocycles. The molecular weight excluding hydrogens is 434 g/mol. The van der Waals surface area contributed by atoms with E-state index in [-0.39, 0.29) is 23.8 Å². The first-order valence-corrected chi connectivity index (χ1v) is 9.13. The molecule has 0 bridgehead atoms. The summed E-state index contributed by atoms with van der Waals surface area (Å²) in [4.78, 5) is 48.8. The third-order valence-electron chi connectivity index (χ3n) is 3.73. The van der Waals surface area contributed by atoms with Crippen molar-refractivity contribution in [2.45, 2.75) is 20.4 Å². The van der Waals surface area contributed by atoms with E-state index in [1.54, 1.807) is 12.1 Å². The number of Topliss-reactive ketones (excluding diaryl/α,β-unsaturated/α-hetero) is 1. The summed E-state index contributed by atoms with van der Waals surface area (Å²) >= 11 is 3.13. The zero-order chi connectivity index (χ0) is 21.0. The zero-order valence-electron chi connectivity index (χ0n) is 15.6. The van der Waals surface area contributed by atoms with Gasteiger partial charge in [-0.25, -0.2) is 9.59 Å². The third kappa shape index (κ3) is 4.89. The van der Waals surface area contributed by atoms with E-state index in [0.29, 0.717) is 10.4 Å². The van der Waals surface area contributed by atoms with Crippen LogP contribution in [0, 0.1) is 5.92 Å². The number of nitrogen functional groups attached to an aromatic ring is 1. The molecule has 2 N–H and O–H groups in total. The van der Waals surface area contributed by atoms with Gasteiger partial charge in [0.2, 0.25) is 5.78 Å². The molecule has 9 nitrogen and oxygen atoms in total. The summed E-state index contributed by atoms with van der Waals surface area (Å²) in [6.07, 6.45) is 2.45. The van der Waals surface area contributed by atoms with Crippen LogP contribution in [-0.4, -0.2) is 27.5 Å². The maximum absolute atomic E-state index is 12.4. The van der Waals surface area contributed by atoms with Crippen molar-refractivity contribution >= 4 is 39.6 Å². The normalized spacial score (nSPS) is 11.3. The van der Waals surface area contributed by atoms with Crippen LogP contribution in [0.15, 0.2) is 36.9 Å². The number of carbonyl (C=O) groups is 2. The van der Waals surface area contributed by atoms with Crippen LogP contribution in [0.1, 0.15) is 30.0 Å². The highest BCUT2D eigenvalue weighted by atomic mass is 79.9. The molecule has 0 saturated carbocycles. The van der Waals surface area contributed by atoms with Crippen LogP contribution in [0.3, 0.4) is 0 Å². The van der Waals surface area contributed by atoms with Crippen molar-refractivity contribution in [2.75, 3.05) is 12.3 Å². The van der Waals surface area contributed by atoms with Crippen molar-refractivity contribution in [2.24, 2.45) is 13.0 Å². The molecule has 0 saturated heterocycles. The first kappa shape index (κ1) is 21.4. The lowest BCUT2D eigenvalue weighted by Gasteiger charge is -2.16. The van der Waals surface area contributed by atoms with E-state index in [9.17, 15) is 19.2 Å². The Morgan fingerprint density at radius 2 is 2.00 bits per heavy atom. The number of rotatable bonds is 7. The minimum absolute atomic E-state index is 0.0602. The summed E-state index contributed by atoms with van der Waals surface area (Å²) in [5, 5.41) is 0. The summed E-state index contributed by atoms with van der Waals surface area (Å²) < 4.78 is 12.5. The van der Waals surface area contributed by atoms with Crippen molar-refractivity contribution in [3.05, 3.63) is 55.0 Å². The van der Waals surface area contributed by atoms with E-state index in [0.717, 1.165) is 15.2 Å². The van der Waals surface area contributed by atoms with Gasteiger partial charge in [-0.3, -0.25) is 18.7 Å². The van der Waals surface area contributed by atoms with E-state index in [4.69, 9.17) is 14.9 Å². The molecule has 28 heavy (non-hydrogen) atoms. The number of carbonyl (C=O) groups excluding carboxylic acids is 2. The van der Waals surface area contributed by atoms with Gasteiger partial charge in [-0.15, -0.1) is 0 Å². The molecule has 0 spiro atoms. The molecule has 0 fully saturated rings. The maximum atomic E-state index is 12.4. The van der Waals surface area contributed by atoms with Crippen LogP contribution in [0.5, 0.6) is 0 Å². The van der Waals surface area contributed by atoms with E-state index in [2.05, 4.69) is 15.9 Å². The Labute approximate surface area is 168 Å². The number of ether oxygens (including phenoxy) is 1. The molecule has 2 rings (SSSR count). The number of hydrogen-bond acceptors (Lipinski definition) is 7. The Balaban J connectivity index is 2.18. The molecule has 150 valence electrons. The summed E-state index contributed by atoms with van der Waals surface area (Å²) in [5.41, 5.74) is 4.08. The number of nitrogens with zero attached hydrogens (tertiary/aromatic N) is 2. The molecule has 0 amide bonds. The Bertz CT molecular complexity index is 1040. The average molecular weight is 454 g/mol. The molecule has 0 atom stereocenters. The highest BCUT2D eigenvalue weighted by Crippen LogP contribution is 2.15. The third-order valence-corrected chi connectivity index (χ3v) is 4.16. The van der Waals surface area contributed by atoms with Gasteiger partial charge in [-0.05, 0) is 40.1 Å². The topological polar surface area (TPSA) is 127 Å². The summed E-state index contributed by atoms with van der Waals surface area (Å²) in [7, 11) is 1.26. The van der Waals surface area contributed by atoms with Crippen LogP contribution in [0.2, 0.25) is 0 Å². The predicted molar refractivity (Wildman–Crippen MR) is 106 cm³/mol. The predicted octanol–water partition coefficient (Wildman–Crippen LogP) is 1.58. The van der Waals surface area contributed by atoms with Crippen LogP contribution >= 0.6 is 15.9 Å². The minimum Gasteiger partial charge on any atom is -0.454 e. The number of hydrogen-bond donors (Lipinski definition) is 1. The van der Waals surface area contributed by atoms with Crippen molar-refractivity contribution < 1.29 is 18.7 Å². The van der Waals surface area contributed by atoms with Crippen molar-refractivity contribution in [1.29, 1.82) is 0 Å². The molecule has 2 aromatic rings. The van der Waals surface area contributed by atoms with E-state index >= 15 is 0 Å². The number of anilines is 1. The summed E-state index contributed by atoms with van der Waals surface area (Å²) in [5.74, 6) is -1.36. The van der Waals surface area contributed by atoms with Gasteiger partial charge >= 0.3 is 11.7 Å². The average Bonchev–Trinajstić information content (AvgIpc) is 3.05. The van der Waals surface area contributed by atoms with Crippen LogP contribution in [0.4, 0.5) is 5.82 Å². The number of furan rings is 1. The standard InChI is InChI=1S/C18H20BrN3O6/c1-10(2)8-22-16(20)15(17(25)21(3)18(22)26)12(23)9-27-14(24)7-5-11-4-6-13(19)28-11/h4-7,10H,8-9,20H2,1-3H3. The highest BCUT2D eigenvalue weighted by molar-refractivity contribution is 9.10. The molecule has 0 aromatic carbocycles. The molecule has 0 radical (unpaired) electrons. The second-order valence-corrected chi connectivity index (χ2v) is 7.20. The van der Waals surface area contributed by atoms with Gasteiger partial charge in [0.05, 0.1) is 0 Å². The van der Waals surface area contributed by atoms with E-state index in [1.807, 2.05) is 13.8 Å². The fourth-order valence-corrected chi connectivity index (χ4v) is 2.73. The molecule has 0 aliphatic rings. The second kappa shape index (κ2) is 8.87. The Morgan fingerprint density at radius 3 is 2.57 bits per heavy atom. The zero-order valence-corrected chi connectivity index (χ0v) is 17.2. The molecule has 2 heterocycles.